The number of nitrogens with one attached hydrogen (secondary N) is 1. The van der Waals surface area contributed by atoms with Crippen molar-refractivity contribution in [2.75, 3.05) is 5.32 Å². The highest BCUT2D eigenvalue weighted by Gasteiger charge is 2.74. The minimum Gasteiger partial charge on any atom is -0.467 e. The number of fused-ring (bicyclic) bond motifs is 2. The standard InChI is InChI=1S/C24H22N2O5/c1-13-16(27)12-15(17-8-5-11-30-17)26-21(13)24-10-9-18(31-24)19(20(24)23(26)29)22(28)25-14-6-3-2-4-7-14/h2-11,13,15,18-21H,12H2,1H3,(H,25,28)/t13-,15+,18+,19-,20+,21+,24-/m0/s1. The molecule has 7 atom stereocenters. The largest absolute Gasteiger partial charge is 0.467 e. The third-order valence-electron chi connectivity index (χ3n) is 7.30. The Morgan fingerprint density at radius 1 is 1.16 bits per heavy atom. The molecule has 2 amide bonds. The van der Waals surface area contributed by atoms with Gasteiger partial charge in [0, 0.05) is 18.0 Å². The number of ketones is 1. The maximum atomic E-state index is 13.8. The van der Waals surface area contributed by atoms with Crippen LogP contribution in [0.5, 0.6) is 0 Å². The van der Waals surface area contributed by atoms with Crippen molar-refractivity contribution in [1.82, 2.24) is 4.90 Å². The van der Waals surface area contributed by atoms with Crippen LogP contribution >= 0.6 is 0 Å². The van der Waals surface area contributed by atoms with Gasteiger partial charge in [-0.3, -0.25) is 14.4 Å². The van der Waals surface area contributed by atoms with Crippen molar-refractivity contribution in [3.8, 4) is 0 Å². The first-order valence-corrected chi connectivity index (χ1v) is 10.6. The molecule has 4 aliphatic heterocycles. The van der Waals surface area contributed by atoms with E-state index in [0.29, 0.717) is 11.4 Å². The van der Waals surface area contributed by atoms with Crippen LogP contribution in [0, 0.1) is 17.8 Å². The zero-order valence-corrected chi connectivity index (χ0v) is 16.9. The molecule has 4 aliphatic rings. The summed E-state index contributed by atoms with van der Waals surface area (Å²) in [5.74, 6) is -1.44. The van der Waals surface area contributed by atoms with Crippen molar-refractivity contribution in [2.45, 2.75) is 37.1 Å². The lowest BCUT2D eigenvalue weighted by molar-refractivity contribution is -0.147. The van der Waals surface area contributed by atoms with E-state index < -0.39 is 35.6 Å². The van der Waals surface area contributed by atoms with E-state index >= 15 is 0 Å². The van der Waals surface area contributed by atoms with Crippen LogP contribution in [-0.2, 0) is 19.1 Å². The number of Topliss-reactive ketones (excluding diaryl/α,β-unsaturated/α-hetero) is 1. The Hall–Kier alpha value is -3.19. The van der Waals surface area contributed by atoms with Crippen LogP contribution in [0.2, 0.25) is 0 Å². The first-order valence-electron chi connectivity index (χ1n) is 10.6. The minimum absolute atomic E-state index is 0.0723. The molecule has 31 heavy (non-hydrogen) atoms. The Morgan fingerprint density at radius 3 is 2.71 bits per heavy atom. The molecule has 6 rings (SSSR count). The lowest BCUT2D eigenvalue weighted by Gasteiger charge is -2.43. The molecule has 2 aromatic rings. The van der Waals surface area contributed by atoms with Crippen LogP contribution in [-0.4, -0.2) is 40.2 Å². The van der Waals surface area contributed by atoms with Gasteiger partial charge in [0.1, 0.15) is 17.1 Å². The molecule has 7 heteroatoms. The average molecular weight is 418 g/mol. The molecule has 3 saturated heterocycles. The Bertz CT molecular complexity index is 1090. The van der Waals surface area contributed by atoms with E-state index in [4.69, 9.17) is 9.15 Å². The number of hydrogen-bond donors (Lipinski definition) is 1. The van der Waals surface area contributed by atoms with Gasteiger partial charge in [-0.25, -0.2) is 0 Å². The number of anilines is 1. The minimum atomic E-state index is -0.971. The molecular formula is C24H22N2O5. The number of piperidine rings is 1. The van der Waals surface area contributed by atoms with Gasteiger partial charge < -0.3 is 19.4 Å². The number of carbonyl (C=O) groups is 3. The van der Waals surface area contributed by atoms with Crippen LogP contribution in [0.3, 0.4) is 0 Å². The third-order valence-corrected chi connectivity index (χ3v) is 7.30. The third kappa shape index (κ3) is 2.41. The molecule has 0 aliphatic carbocycles. The highest BCUT2D eigenvalue weighted by Crippen LogP contribution is 2.59. The van der Waals surface area contributed by atoms with Crippen molar-refractivity contribution in [3.05, 3.63) is 66.6 Å². The fourth-order valence-electron chi connectivity index (χ4n) is 6.01. The maximum Gasteiger partial charge on any atom is 0.231 e. The fraction of sp³-hybridized carbons (Fsp3) is 0.375. The lowest BCUT2D eigenvalue weighted by Crippen LogP contribution is -2.55. The first-order chi connectivity index (χ1) is 15.0. The number of para-hydroxylation sites is 1. The summed E-state index contributed by atoms with van der Waals surface area (Å²) in [4.78, 5) is 41.8. The molecule has 1 aromatic carbocycles. The first kappa shape index (κ1) is 18.6. The fourth-order valence-corrected chi connectivity index (χ4v) is 6.01. The number of nitrogens with zero attached hydrogens (tertiary/aromatic N) is 1. The predicted molar refractivity (Wildman–Crippen MR) is 110 cm³/mol. The Kier molecular flexibility index (Phi) is 3.84. The molecular weight excluding hydrogens is 396 g/mol. The van der Waals surface area contributed by atoms with Crippen LogP contribution in [0.25, 0.3) is 0 Å². The molecule has 0 unspecified atom stereocenters. The van der Waals surface area contributed by atoms with Gasteiger partial charge in [-0.2, -0.15) is 0 Å². The van der Waals surface area contributed by atoms with Gasteiger partial charge in [-0.05, 0) is 24.3 Å². The SMILES string of the molecule is C[C@H]1C(=O)C[C@H](c2ccco2)N2C(=O)[C@H]3[C@@H](C(=O)Nc4ccccc4)[C@H]4C=C[C@@]3(O4)[C@@H]12. The Labute approximate surface area is 179 Å². The number of furan rings is 1. The number of ether oxygens (including phenoxy) is 1. The number of hydrogen-bond acceptors (Lipinski definition) is 5. The van der Waals surface area contributed by atoms with Gasteiger partial charge in [0.15, 0.2) is 0 Å². The van der Waals surface area contributed by atoms with E-state index in [2.05, 4.69) is 5.32 Å². The van der Waals surface area contributed by atoms with Crippen molar-refractivity contribution < 1.29 is 23.5 Å². The molecule has 1 aromatic heterocycles. The van der Waals surface area contributed by atoms with Crippen molar-refractivity contribution >= 4 is 23.3 Å². The second kappa shape index (κ2) is 6.40. The molecule has 5 heterocycles. The van der Waals surface area contributed by atoms with E-state index in [1.54, 1.807) is 23.3 Å². The summed E-state index contributed by atoms with van der Waals surface area (Å²) < 4.78 is 11.9. The van der Waals surface area contributed by atoms with E-state index in [9.17, 15) is 14.4 Å². The van der Waals surface area contributed by atoms with Gasteiger partial charge >= 0.3 is 0 Å². The summed E-state index contributed by atoms with van der Waals surface area (Å²) in [5.41, 5.74) is -0.297. The molecule has 0 radical (unpaired) electrons. The molecule has 3 fully saturated rings. The molecule has 158 valence electrons. The number of carbonyl (C=O) groups excluding carboxylic acids is 3. The predicted octanol–water partition coefficient (Wildman–Crippen LogP) is 2.72. The summed E-state index contributed by atoms with van der Waals surface area (Å²) in [6.07, 6.45) is 5.05. The normalized spacial score (nSPS) is 37.8. The van der Waals surface area contributed by atoms with Crippen molar-refractivity contribution in [1.29, 1.82) is 0 Å². The molecule has 7 nitrogen and oxygen atoms in total. The summed E-state index contributed by atoms with van der Waals surface area (Å²) in [6, 6.07) is 11.8. The van der Waals surface area contributed by atoms with E-state index in [-0.39, 0.29) is 29.9 Å². The van der Waals surface area contributed by atoms with Crippen molar-refractivity contribution in [3.63, 3.8) is 0 Å². The summed E-state index contributed by atoms with van der Waals surface area (Å²) in [5, 5.41) is 2.93. The Morgan fingerprint density at radius 2 is 1.97 bits per heavy atom. The van der Waals surface area contributed by atoms with E-state index in [1.807, 2.05) is 49.4 Å². The zero-order valence-electron chi connectivity index (χ0n) is 16.9. The smallest absolute Gasteiger partial charge is 0.231 e. The van der Waals surface area contributed by atoms with Crippen LogP contribution in [0.1, 0.15) is 25.1 Å². The quantitative estimate of drug-likeness (QED) is 0.775. The zero-order chi connectivity index (χ0) is 21.3. The number of amides is 2. The highest BCUT2D eigenvalue weighted by molar-refractivity contribution is 6.00. The summed E-state index contributed by atoms with van der Waals surface area (Å²) in [6.45, 7) is 1.85. The van der Waals surface area contributed by atoms with E-state index in [1.165, 1.54) is 0 Å². The second-order valence-electron chi connectivity index (χ2n) is 8.83. The highest BCUT2D eigenvalue weighted by atomic mass is 16.5. The summed E-state index contributed by atoms with van der Waals surface area (Å²) in [7, 11) is 0. The van der Waals surface area contributed by atoms with Crippen LogP contribution in [0.4, 0.5) is 5.69 Å². The molecule has 2 bridgehead atoms. The van der Waals surface area contributed by atoms with Gasteiger partial charge in [-0.15, -0.1) is 0 Å². The molecule has 1 spiro atoms. The van der Waals surface area contributed by atoms with Gasteiger partial charge in [0.25, 0.3) is 0 Å². The molecule has 0 saturated carbocycles. The summed E-state index contributed by atoms with van der Waals surface area (Å²) >= 11 is 0. The van der Waals surface area contributed by atoms with Gasteiger partial charge in [-0.1, -0.05) is 37.3 Å². The lowest BCUT2D eigenvalue weighted by atomic mass is 9.70. The van der Waals surface area contributed by atoms with Crippen LogP contribution < -0.4 is 5.32 Å². The van der Waals surface area contributed by atoms with Crippen molar-refractivity contribution in [2.24, 2.45) is 17.8 Å². The van der Waals surface area contributed by atoms with E-state index in [0.717, 1.165) is 0 Å². The van der Waals surface area contributed by atoms with Crippen LogP contribution in [0.15, 0.2) is 65.3 Å². The number of rotatable bonds is 3. The maximum absolute atomic E-state index is 13.8. The Balaban J connectivity index is 1.40. The van der Waals surface area contributed by atoms with Gasteiger partial charge in [0.2, 0.25) is 11.8 Å². The monoisotopic (exact) mass is 418 g/mol. The second-order valence-corrected chi connectivity index (χ2v) is 8.83. The number of benzene rings is 1. The average Bonchev–Trinajstić information content (AvgIpc) is 3.54. The molecule has 1 N–H and O–H groups in total. The van der Waals surface area contributed by atoms with Gasteiger partial charge in [0.05, 0.1) is 36.3 Å². The topological polar surface area (TPSA) is 88.9 Å².